The number of para-hydroxylation sites is 1. The zero-order chi connectivity index (χ0) is 17.7. The van der Waals surface area contributed by atoms with Gasteiger partial charge in [0.25, 0.3) is 0 Å². The Morgan fingerprint density at radius 2 is 1.80 bits per heavy atom. The number of aryl methyl sites for hydroxylation is 1. The summed E-state index contributed by atoms with van der Waals surface area (Å²) >= 11 is 0. The van der Waals surface area contributed by atoms with Crippen LogP contribution >= 0.6 is 0 Å². The Bertz CT molecular complexity index is 627. The van der Waals surface area contributed by atoms with E-state index in [1.54, 1.807) is 0 Å². The van der Waals surface area contributed by atoms with Gasteiger partial charge in [-0.1, -0.05) is 48.0 Å². The van der Waals surface area contributed by atoms with Crippen LogP contribution in [-0.4, -0.2) is 37.4 Å². The van der Waals surface area contributed by atoms with Gasteiger partial charge in [-0.3, -0.25) is 0 Å². The first kappa shape index (κ1) is 19.0. The van der Waals surface area contributed by atoms with E-state index in [4.69, 9.17) is 9.84 Å². The summed E-state index contributed by atoms with van der Waals surface area (Å²) in [6, 6.07) is 18.4. The van der Waals surface area contributed by atoms with Crippen molar-refractivity contribution in [1.82, 2.24) is 5.32 Å². The van der Waals surface area contributed by atoms with Crippen LogP contribution in [0, 0.1) is 6.92 Å². The van der Waals surface area contributed by atoms with Crippen LogP contribution in [0.5, 0.6) is 0 Å². The molecule has 134 valence electrons. The number of hydrogen-bond donors (Lipinski definition) is 3. The van der Waals surface area contributed by atoms with E-state index in [-0.39, 0.29) is 6.61 Å². The summed E-state index contributed by atoms with van der Waals surface area (Å²) in [5.74, 6) is 0.744. The molecule has 0 aliphatic carbocycles. The average molecular weight is 341 g/mol. The standard InChI is InChI=1S/C20H27N3O2/c1-17-8-10-18(11-9-17)16-22-20(21-12-5-14-25-15-13-24)23-19-6-3-2-4-7-19/h2-4,6-11,24H,5,12-16H2,1H3,(H2,21,22,23). The summed E-state index contributed by atoms with van der Waals surface area (Å²) in [5.41, 5.74) is 3.41. The molecular formula is C20H27N3O2. The molecule has 0 unspecified atom stereocenters. The van der Waals surface area contributed by atoms with E-state index in [2.05, 4.69) is 46.8 Å². The number of aliphatic hydroxyl groups is 1. The van der Waals surface area contributed by atoms with E-state index < -0.39 is 0 Å². The number of rotatable bonds is 9. The molecule has 25 heavy (non-hydrogen) atoms. The fourth-order valence-corrected chi connectivity index (χ4v) is 2.21. The van der Waals surface area contributed by atoms with Gasteiger partial charge in [0.15, 0.2) is 5.96 Å². The van der Waals surface area contributed by atoms with Gasteiger partial charge in [-0.25, -0.2) is 4.99 Å². The molecule has 0 spiro atoms. The number of nitrogens with zero attached hydrogens (tertiary/aromatic N) is 1. The van der Waals surface area contributed by atoms with Crippen LogP contribution in [0.2, 0.25) is 0 Å². The Hall–Kier alpha value is -2.37. The summed E-state index contributed by atoms with van der Waals surface area (Å²) in [7, 11) is 0. The van der Waals surface area contributed by atoms with Gasteiger partial charge in [0.05, 0.1) is 19.8 Å². The molecule has 3 N–H and O–H groups in total. The predicted octanol–water partition coefficient (Wildman–Crippen LogP) is 2.95. The maximum Gasteiger partial charge on any atom is 0.196 e. The number of aliphatic imine (C=N–C) groups is 1. The maximum atomic E-state index is 8.70. The lowest BCUT2D eigenvalue weighted by atomic mass is 10.1. The van der Waals surface area contributed by atoms with E-state index in [0.717, 1.165) is 24.6 Å². The fourth-order valence-electron chi connectivity index (χ4n) is 2.21. The third kappa shape index (κ3) is 7.83. The highest BCUT2D eigenvalue weighted by molar-refractivity contribution is 5.93. The van der Waals surface area contributed by atoms with Crippen LogP contribution in [0.25, 0.3) is 0 Å². The van der Waals surface area contributed by atoms with Crippen LogP contribution in [0.3, 0.4) is 0 Å². The molecule has 0 atom stereocenters. The third-order valence-corrected chi connectivity index (χ3v) is 3.57. The van der Waals surface area contributed by atoms with E-state index in [1.807, 2.05) is 30.3 Å². The molecule has 5 heteroatoms. The van der Waals surface area contributed by atoms with Gasteiger partial charge in [0, 0.05) is 18.8 Å². The molecular weight excluding hydrogens is 314 g/mol. The molecule has 0 saturated carbocycles. The maximum absolute atomic E-state index is 8.70. The molecule has 0 heterocycles. The molecule has 0 aromatic heterocycles. The van der Waals surface area contributed by atoms with E-state index in [1.165, 1.54) is 11.1 Å². The van der Waals surface area contributed by atoms with E-state index in [0.29, 0.717) is 19.8 Å². The third-order valence-electron chi connectivity index (χ3n) is 3.57. The number of ether oxygens (including phenoxy) is 1. The molecule has 0 amide bonds. The van der Waals surface area contributed by atoms with Crippen LogP contribution in [0.4, 0.5) is 5.69 Å². The average Bonchev–Trinajstić information content (AvgIpc) is 2.64. The first-order valence-corrected chi connectivity index (χ1v) is 8.62. The molecule has 2 rings (SSSR count). The van der Waals surface area contributed by atoms with Crippen molar-refractivity contribution in [2.45, 2.75) is 19.9 Å². The summed E-state index contributed by atoms with van der Waals surface area (Å²) < 4.78 is 5.27. The number of benzene rings is 2. The molecule has 0 fully saturated rings. The molecule has 2 aromatic carbocycles. The van der Waals surface area contributed by atoms with Crippen LogP contribution < -0.4 is 10.6 Å². The van der Waals surface area contributed by atoms with Crippen molar-refractivity contribution >= 4 is 11.6 Å². The van der Waals surface area contributed by atoms with E-state index in [9.17, 15) is 0 Å². The minimum Gasteiger partial charge on any atom is -0.394 e. The lowest BCUT2D eigenvalue weighted by Gasteiger charge is -2.13. The van der Waals surface area contributed by atoms with Gasteiger partial charge >= 0.3 is 0 Å². The molecule has 5 nitrogen and oxygen atoms in total. The van der Waals surface area contributed by atoms with Crippen molar-refractivity contribution in [3.63, 3.8) is 0 Å². The highest BCUT2D eigenvalue weighted by Crippen LogP contribution is 2.07. The quantitative estimate of drug-likeness (QED) is 0.373. The van der Waals surface area contributed by atoms with Gasteiger partial charge in [-0.15, -0.1) is 0 Å². The Morgan fingerprint density at radius 3 is 2.52 bits per heavy atom. The minimum absolute atomic E-state index is 0.0618. The number of anilines is 1. The summed E-state index contributed by atoms with van der Waals surface area (Å²) in [4.78, 5) is 4.67. The number of aliphatic hydroxyl groups excluding tert-OH is 1. The second-order valence-electron chi connectivity index (χ2n) is 5.76. The predicted molar refractivity (Wildman–Crippen MR) is 103 cm³/mol. The molecule has 0 aliphatic rings. The van der Waals surface area contributed by atoms with Crippen molar-refractivity contribution < 1.29 is 9.84 Å². The summed E-state index contributed by atoms with van der Waals surface area (Å²) in [5, 5.41) is 15.3. The van der Waals surface area contributed by atoms with Crippen molar-refractivity contribution in [3.05, 3.63) is 65.7 Å². The molecule has 2 aromatic rings. The van der Waals surface area contributed by atoms with Gasteiger partial charge in [0.2, 0.25) is 0 Å². The van der Waals surface area contributed by atoms with Crippen molar-refractivity contribution in [1.29, 1.82) is 0 Å². The topological polar surface area (TPSA) is 65.9 Å². The van der Waals surface area contributed by atoms with Crippen molar-refractivity contribution in [2.75, 3.05) is 31.7 Å². The van der Waals surface area contributed by atoms with E-state index >= 15 is 0 Å². The van der Waals surface area contributed by atoms with Gasteiger partial charge in [-0.2, -0.15) is 0 Å². The Labute approximate surface area is 149 Å². The zero-order valence-electron chi connectivity index (χ0n) is 14.7. The fraction of sp³-hybridized carbons (Fsp3) is 0.350. The second kappa shape index (κ2) is 11.2. The number of nitrogens with one attached hydrogen (secondary N) is 2. The molecule has 0 radical (unpaired) electrons. The molecule has 0 bridgehead atoms. The monoisotopic (exact) mass is 341 g/mol. The number of guanidine groups is 1. The Balaban J connectivity index is 1.90. The largest absolute Gasteiger partial charge is 0.394 e. The second-order valence-corrected chi connectivity index (χ2v) is 5.76. The lowest BCUT2D eigenvalue weighted by molar-refractivity contribution is 0.0913. The molecule has 0 aliphatic heterocycles. The highest BCUT2D eigenvalue weighted by atomic mass is 16.5. The minimum atomic E-state index is 0.0618. The summed E-state index contributed by atoms with van der Waals surface area (Å²) in [6.07, 6.45) is 0.847. The zero-order valence-corrected chi connectivity index (χ0v) is 14.7. The van der Waals surface area contributed by atoms with Crippen molar-refractivity contribution in [3.8, 4) is 0 Å². The van der Waals surface area contributed by atoms with Crippen LogP contribution in [0.1, 0.15) is 17.5 Å². The van der Waals surface area contributed by atoms with Crippen LogP contribution in [0.15, 0.2) is 59.6 Å². The van der Waals surface area contributed by atoms with Gasteiger partial charge in [0.1, 0.15) is 0 Å². The Morgan fingerprint density at radius 1 is 1.04 bits per heavy atom. The first-order valence-electron chi connectivity index (χ1n) is 8.62. The normalized spacial score (nSPS) is 11.4. The van der Waals surface area contributed by atoms with Gasteiger partial charge in [-0.05, 0) is 31.0 Å². The van der Waals surface area contributed by atoms with Crippen molar-refractivity contribution in [2.24, 2.45) is 4.99 Å². The Kier molecular flexibility index (Phi) is 8.52. The lowest BCUT2D eigenvalue weighted by Crippen LogP contribution is -2.32. The van der Waals surface area contributed by atoms with Crippen LogP contribution in [-0.2, 0) is 11.3 Å². The summed E-state index contributed by atoms with van der Waals surface area (Å²) in [6.45, 7) is 4.50. The number of hydrogen-bond acceptors (Lipinski definition) is 3. The highest BCUT2D eigenvalue weighted by Gasteiger charge is 2.00. The first-order chi connectivity index (χ1) is 12.3. The SMILES string of the molecule is Cc1ccc(CN=C(NCCCOCCO)Nc2ccccc2)cc1. The smallest absolute Gasteiger partial charge is 0.196 e. The molecule has 0 saturated heterocycles. The van der Waals surface area contributed by atoms with Gasteiger partial charge < -0.3 is 20.5 Å².